The van der Waals surface area contributed by atoms with Crippen molar-refractivity contribution < 1.29 is 14.3 Å². The lowest BCUT2D eigenvalue weighted by Gasteiger charge is -2.23. The Bertz CT molecular complexity index is 649. The standard InChI is InChI=1S/C14H12ClFN2O2/c1-2-18(12-6-4-3-5-11(12)16)13-10(15)7-9(8-17-13)14(19)20/h3-8H,2H2,1H3,(H,19,20). The maximum absolute atomic E-state index is 13.8. The number of hydrogen-bond acceptors (Lipinski definition) is 3. The molecule has 0 aliphatic heterocycles. The van der Waals surface area contributed by atoms with Crippen molar-refractivity contribution in [2.75, 3.05) is 11.4 Å². The molecule has 1 aromatic heterocycles. The van der Waals surface area contributed by atoms with Gasteiger partial charge >= 0.3 is 5.97 Å². The number of rotatable bonds is 4. The maximum atomic E-state index is 13.8. The highest BCUT2D eigenvalue weighted by Crippen LogP contribution is 2.31. The molecule has 0 unspecified atom stereocenters. The maximum Gasteiger partial charge on any atom is 0.337 e. The van der Waals surface area contributed by atoms with Crippen LogP contribution in [0.1, 0.15) is 17.3 Å². The summed E-state index contributed by atoms with van der Waals surface area (Å²) in [7, 11) is 0. The molecule has 0 radical (unpaired) electrons. The summed E-state index contributed by atoms with van der Waals surface area (Å²) in [6.07, 6.45) is 1.20. The summed E-state index contributed by atoms with van der Waals surface area (Å²) in [5, 5.41) is 9.05. The Kier molecular flexibility index (Phi) is 4.20. The van der Waals surface area contributed by atoms with Crippen LogP contribution in [0.2, 0.25) is 5.02 Å². The van der Waals surface area contributed by atoms with Gasteiger partial charge in [0, 0.05) is 12.7 Å². The van der Waals surface area contributed by atoms with Crippen LogP contribution in [0.3, 0.4) is 0 Å². The van der Waals surface area contributed by atoms with E-state index in [1.54, 1.807) is 23.1 Å². The molecule has 0 saturated carbocycles. The zero-order valence-corrected chi connectivity index (χ0v) is 11.4. The second kappa shape index (κ2) is 5.88. The van der Waals surface area contributed by atoms with Crippen LogP contribution in [-0.4, -0.2) is 22.6 Å². The van der Waals surface area contributed by atoms with Crippen molar-refractivity contribution in [2.24, 2.45) is 0 Å². The fourth-order valence-electron chi connectivity index (χ4n) is 1.85. The van der Waals surface area contributed by atoms with Crippen molar-refractivity contribution in [1.29, 1.82) is 0 Å². The summed E-state index contributed by atoms with van der Waals surface area (Å²) in [5.74, 6) is -1.18. The van der Waals surface area contributed by atoms with Gasteiger partial charge in [-0.05, 0) is 25.1 Å². The highest BCUT2D eigenvalue weighted by Gasteiger charge is 2.17. The van der Waals surface area contributed by atoms with E-state index >= 15 is 0 Å². The van der Waals surface area contributed by atoms with Crippen molar-refractivity contribution in [3.8, 4) is 0 Å². The van der Waals surface area contributed by atoms with Gasteiger partial charge in [0.1, 0.15) is 5.82 Å². The minimum absolute atomic E-state index is 0.0108. The van der Waals surface area contributed by atoms with E-state index in [1.165, 1.54) is 18.3 Å². The van der Waals surface area contributed by atoms with Gasteiger partial charge < -0.3 is 10.0 Å². The number of nitrogens with zero attached hydrogens (tertiary/aromatic N) is 2. The van der Waals surface area contributed by atoms with Gasteiger partial charge in [0.15, 0.2) is 5.82 Å². The number of benzene rings is 1. The van der Waals surface area contributed by atoms with Crippen molar-refractivity contribution in [2.45, 2.75) is 6.92 Å². The molecule has 0 bridgehead atoms. The Morgan fingerprint density at radius 3 is 2.70 bits per heavy atom. The van der Waals surface area contributed by atoms with Crippen molar-refractivity contribution in [3.05, 3.63) is 52.9 Å². The lowest BCUT2D eigenvalue weighted by Crippen LogP contribution is -2.19. The summed E-state index contributed by atoms with van der Waals surface area (Å²) in [6, 6.07) is 7.56. The number of carbonyl (C=O) groups is 1. The third-order valence-corrected chi connectivity index (χ3v) is 3.06. The van der Waals surface area contributed by atoms with Gasteiger partial charge in [-0.15, -0.1) is 0 Å². The molecule has 0 spiro atoms. The number of halogens is 2. The van der Waals surface area contributed by atoms with Gasteiger partial charge in [-0.25, -0.2) is 14.2 Å². The third-order valence-electron chi connectivity index (χ3n) is 2.78. The summed E-state index contributed by atoms with van der Waals surface area (Å²) in [4.78, 5) is 16.5. The van der Waals surface area contributed by atoms with Crippen LogP contribution in [0.4, 0.5) is 15.9 Å². The van der Waals surface area contributed by atoms with Gasteiger partial charge in [0.2, 0.25) is 0 Å². The van der Waals surface area contributed by atoms with Crippen LogP contribution in [0.5, 0.6) is 0 Å². The van der Waals surface area contributed by atoms with Crippen molar-refractivity contribution in [3.63, 3.8) is 0 Å². The van der Waals surface area contributed by atoms with Crippen LogP contribution in [0.25, 0.3) is 0 Å². The molecule has 0 fully saturated rings. The van der Waals surface area contributed by atoms with Gasteiger partial charge in [-0.3, -0.25) is 0 Å². The smallest absolute Gasteiger partial charge is 0.337 e. The summed E-state index contributed by atoms with van der Waals surface area (Å²) in [5.41, 5.74) is 0.329. The van der Waals surface area contributed by atoms with E-state index in [2.05, 4.69) is 4.98 Å². The van der Waals surface area contributed by atoms with E-state index in [0.717, 1.165) is 0 Å². The van der Waals surface area contributed by atoms with Gasteiger partial charge in [0.05, 0.1) is 16.3 Å². The first-order valence-corrected chi connectivity index (χ1v) is 6.33. The Balaban J connectivity index is 2.48. The molecular weight excluding hydrogens is 283 g/mol. The van der Waals surface area contributed by atoms with Gasteiger partial charge in [-0.2, -0.15) is 0 Å². The van der Waals surface area contributed by atoms with Crippen LogP contribution in [0, 0.1) is 5.82 Å². The number of para-hydroxylation sites is 1. The fraction of sp³-hybridized carbons (Fsp3) is 0.143. The Morgan fingerprint density at radius 2 is 2.15 bits per heavy atom. The molecule has 104 valence electrons. The molecule has 1 heterocycles. The van der Waals surface area contributed by atoms with Crippen molar-refractivity contribution >= 4 is 29.1 Å². The van der Waals surface area contributed by atoms with Crippen LogP contribution >= 0.6 is 11.6 Å². The quantitative estimate of drug-likeness (QED) is 0.933. The first-order valence-electron chi connectivity index (χ1n) is 5.95. The second-order valence-corrected chi connectivity index (χ2v) is 4.44. The second-order valence-electron chi connectivity index (χ2n) is 4.03. The van der Waals surface area contributed by atoms with E-state index in [4.69, 9.17) is 16.7 Å². The van der Waals surface area contributed by atoms with Crippen molar-refractivity contribution in [1.82, 2.24) is 4.98 Å². The van der Waals surface area contributed by atoms with Crippen LogP contribution in [0.15, 0.2) is 36.5 Å². The number of anilines is 2. The average molecular weight is 295 g/mol. The van der Waals surface area contributed by atoms with Crippen LogP contribution < -0.4 is 4.90 Å². The third kappa shape index (κ3) is 2.72. The predicted octanol–water partition coefficient (Wildman–Crippen LogP) is 3.73. The zero-order valence-electron chi connectivity index (χ0n) is 10.7. The number of carboxylic acid groups (broad SMARTS) is 1. The Morgan fingerprint density at radius 1 is 1.45 bits per heavy atom. The number of hydrogen-bond donors (Lipinski definition) is 1. The fourth-order valence-corrected chi connectivity index (χ4v) is 2.12. The lowest BCUT2D eigenvalue weighted by molar-refractivity contribution is 0.0696. The number of carboxylic acids is 1. The van der Waals surface area contributed by atoms with Gasteiger partial charge in [-0.1, -0.05) is 23.7 Å². The SMILES string of the molecule is CCN(c1ccccc1F)c1ncc(C(=O)O)cc1Cl. The number of aromatic carboxylic acids is 1. The Hall–Kier alpha value is -2.14. The topological polar surface area (TPSA) is 53.4 Å². The first kappa shape index (κ1) is 14.3. The normalized spacial score (nSPS) is 10.3. The molecule has 0 saturated heterocycles. The molecule has 0 amide bonds. The van der Waals surface area contributed by atoms with E-state index < -0.39 is 11.8 Å². The van der Waals surface area contributed by atoms with E-state index in [-0.39, 0.29) is 10.6 Å². The molecule has 6 heteroatoms. The highest BCUT2D eigenvalue weighted by molar-refractivity contribution is 6.33. The molecule has 1 aromatic carbocycles. The molecule has 0 aliphatic carbocycles. The minimum Gasteiger partial charge on any atom is -0.478 e. The first-order chi connectivity index (χ1) is 9.54. The lowest BCUT2D eigenvalue weighted by atomic mass is 10.2. The largest absolute Gasteiger partial charge is 0.478 e. The molecule has 2 aromatic rings. The van der Waals surface area contributed by atoms with Gasteiger partial charge in [0.25, 0.3) is 0 Å². The van der Waals surface area contributed by atoms with E-state index in [0.29, 0.717) is 18.1 Å². The van der Waals surface area contributed by atoms with E-state index in [9.17, 15) is 9.18 Å². The molecule has 4 nitrogen and oxygen atoms in total. The monoisotopic (exact) mass is 294 g/mol. The summed E-state index contributed by atoms with van der Waals surface area (Å²) >= 11 is 6.06. The number of pyridine rings is 1. The molecule has 0 atom stereocenters. The number of aromatic nitrogens is 1. The summed E-state index contributed by atoms with van der Waals surface area (Å²) in [6.45, 7) is 2.27. The molecule has 1 N–H and O–H groups in total. The van der Waals surface area contributed by atoms with E-state index in [1.807, 2.05) is 6.92 Å². The predicted molar refractivity (Wildman–Crippen MR) is 75.3 cm³/mol. The molecular formula is C14H12ClFN2O2. The molecule has 0 aliphatic rings. The highest BCUT2D eigenvalue weighted by atomic mass is 35.5. The summed E-state index contributed by atoms with van der Waals surface area (Å²) < 4.78 is 13.8. The van der Waals surface area contributed by atoms with Crippen LogP contribution in [-0.2, 0) is 0 Å². The Labute approximate surface area is 120 Å². The average Bonchev–Trinajstić information content (AvgIpc) is 2.43. The zero-order chi connectivity index (χ0) is 14.7. The minimum atomic E-state index is -1.11. The molecule has 2 rings (SSSR count). The molecule has 20 heavy (non-hydrogen) atoms.